The van der Waals surface area contributed by atoms with Gasteiger partial charge >= 0.3 is 0 Å². The van der Waals surface area contributed by atoms with Gasteiger partial charge in [-0.3, -0.25) is 0 Å². The zero-order chi connectivity index (χ0) is 14.5. The van der Waals surface area contributed by atoms with Crippen molar-refractivity contribution in [1.29, 1.82) is 0 Å². The summed E-state index contributed by atoms with van der Waals surface area (Å²) in [5.74, 6) is -0.419. The van der Waals surface area contributed by atoms with Gasteiger partial charge in [-0.25, -0.2) is 12.8 Å². The van der Waals surface area contributed by atoms with Crippen LogP contribution >= 0.6 is 15.9 Å². The molecule has 1 rings (SSSR count). The average molecular weight is 352 g/mol. The lowest BCUT2D eigenvalue weighted by molar-refractivity contribution is 0.421. The average Bonchev–Trinajstić information content (AvgIpc) is 2.33. The van der Waals surface area contributed by atoms with Crippen molar-refractivity contribution >= 4 is 26.0 Å². The predicted molar refractivity (Wildman–Crippen MR) is 78.6 cm³/mol. The van der Waals surface area contributed by atoms with Crippen LogP contribution in [0, 0.1) is 12.7 Å². The molecule has 3 nitrogen and oxygen atoms in total. The van der Waals surface area contributed by atoms with Crippen LogP contribution in [0.3, 0.4) is 0 Å². The first-order valence-corrected chi connectivity index (χ1v) is 8.82. The largest absolute Gasteiger partial charge is 0.243 e. The number of hydrogen-bond acceptors (Lipinski definition) is 2. The highest BCUT2D eigenvalue weighted by atomic mass is 79.9. The van der Waals surface area contributed by atoms with Gasteiger partial charge in [0.2, 0.25) is 10.0 Å². The minimum atomic E-state index is -3.55. The lowest BCUT2D eigenvalue weighted by atomic mass is 10.2. The van der Waals surface area contributed by atoms with E-state index in [0.717, 1.165) is 12.8 Å². The van der Waals surface area contributed by atoms with E-state index in [4.69, 9.17) is 0 Å². The first-order valence-electron chi connectivity index (χ1n) is 6.25. The summed E-state index contributed by atoms with van der Waals surface area (Å²) < 4.78 is 39.6. The van der Waals surface area contributed by atoms with Crippen molar-refractivity contribution in [3.05, 3.63) is 29.6 Å². The molecule has 1 aromatic carbocycles. The Morgan fingerprint density at radius 1 is 1.32 bits per heavy atom. The number of unbranched alkanes of at least 4 members (excludes halogenated alkanes) is 1. The van der Waals surface area contributed by atoms with Crippen molar-refractivity contribution in [3.8, 4) is 0 Å². The van der Waals surface area contributed by atoms with E-state index < -0.39 is 15.8 Å². The van der Waals surface area contributed by atoms with E-state index in [1.165, 1.54) is 22.5 Å². The minimum absolute atomic E-state index is 0.186. The summed E-state index contributed by atoms with van der Waals surface area (Å²) in [6.45, 7) is 4.53. The molecule has 0 heterocycles. The Bertz CT molecular complexity index is 519. The highest BCUT2D eigenvalue weighted by Gasteiger charge is 2.25. The van der Waals surface area contributed by atoms with Gasteiger partial charge in [0.05, 0.1) is 4.90 Å². The van der Waals surface area contributed by atoms with Gasteiger partial charge in [-0.05, 0) is 37.1 Å². The maximum atomic E-state index is 13.1. The Hall–Kier alpha value is -0.460. The van der Waals surface area contributed by atoms with Gasteiger partial charge in [-0.15, -0.1) is 0 Å². The number of alkyl halides is 1. The molecule has 0 saturated carbocycles. The molecule has 1 aromatic rings. The molecule has 0 aliphatic rings. The van der Waals surface area contributed by atoms with Crippen molar-refractivity contribution in [3.63, 3.8) is 0 Å². The highest BCUT2D eigenvalue weighted by Crippen LogP contribution is 2.21. The third kappa shape index (κ3) is 4.26. The highest BCUT2D eigenvalue weighted by molar-refractivity contribution is 9.09. The van der Waals surface area contributed by atoms with Crippen LogP contribution in [0.4, 0.5) is 4.39 Å². The van der Waals surface area contributed by atoms with Crippen LogP contribution in [0.15, 0.2) is 23.1 Å². The summed E-state index contributed by atoms with van der Waals surface area (Å²) >= 11 is 3.27. The molecule has 0 unspecified atom stereocenters. The van der Waals surface area contributed by atoms with Crippen LogP contribution in [0.2, 0.25) is 0 Å². The summed E-state index contributed by atoms with van der Waals surface area (Å²) in [6, 6.07) is 3.78. The fraction of sp³-hybridized carbons (Fsp3) is 0.538. The van der Waals surface area contributed by atoms with E-state index in [2.05, 4.69) is 15.9 Å². The SMILES string of the molecule is CCCCN(CCBr)S(=O)(=O)c1ccc(F)cc1C. The first kappa shape index (κ1) is 16.6. The molecule has 0 spiro atoms. The van der Waals surface area contributed by atoms with Crippen molar-refractivity contribution in [2.45, 2.75) is 31.6 Å². The molecule has 0 amide bonds. The number of halogens is 2. The number of rotatable bonds is 7. The van der Waals surface area contributed by atoms with Crippen LogP contribution in [-0.4, -0.2) is 31.1 Å². The van der Waals surface area contributed by atoms with Gasteiger partial charge in [-0.1, -0.05) is 29.3 Å². The molecule has 0 fully saturated rings. The lowest BCUT2D eigenvalue weighted by Crippen LogP contribution is -2.34. The molecule has 0 radical (unpaired) electrons. The summed E-state index contributed by atoms with van der Waals surface area (Å²) in [5.41, 5.74) is 0.441. The van der Waals surface area contributed by atoms with Gasteiger partial charge in [0.1, 0.15) is 5.82 Å². The second kappa shape index (κ2) is 7.36. The molecule has 0 aliphatic heterocycles. The summed E-state index contributed by atoms with van der Waals surface area (Å²) in [6.07, 6.45) is 1.74. The molecular weight excluding hydrogens is 333 g/mol. The fourth-order valence-corrected chi connectivity index (χ4v) is 4.17. The van der Waals surface area contributed by atoms with Gasteiger partial charge < -0.3 is 0 Å². The molecule has 108 valence electrons. The third-order valence-corrected chi connectivity index (χ3v) is 5.26. The lowest BCUT2D eigenvalue weighted by Gasteiger charge is -2.22. The van der Waals surface area contributed by atoms with Crippen molar-refractivity contribution in [1.82, 2.24) is 4.31 Å². The van der Waals surface area contributed by atoms with E-state index in [9.17, 15) is 12.8 Å². The smallest absolute Gasteiger partial charge is 0.207 e. The quantitative estimate of drug-likeness (QED) is 0.706. The maximum absolute atomic E-state index is 13.1. The number of hydrogen-bond donors (Lipinski definition) is 0. The summed E-state index contributed by atoms with van der Waals surface area (Å²) in [5, 5.41) is 0.580. The Morgan fingerprint density at radius 2 is 2.00 bits per heavy atom. The number of sulfonamides is 1. The summed E-state index contributed by atoms with van der Waals surface area (Å²) in [4.78, 5) is 0.186. The van der Waals surface area contributed by atoms with Crippen LogP contribution < -0.4 is 0 Å². The Balaban J connectivity index is 3.11. The minimum Gasteiger partial charge on any atom is -0.207 e. The predicted octanol–water partition coefficient (Wildman–Crippen LogP) is 3.32. The molecule has 0 bridgehead atoms. The van der Waals surface area contributed by atoms with Gasteiger partial charge in [0.25, 0.3) is 0 Å². The number of benzene rings is 1. The number of nitrogens with zero attached hydrogens (tertiary/aromatic N) is 1. The van der Waals surface area contributed by atoms with Gasteiger partial charge in [0, 0.05) is 18.4 Å². The summed E-state index contributed by atoms with van der Waals surface area (Å²) in [7, 11) is -3.55. The van der Waals surface area contributed by atoms with Crippen LogP contribution in [0.5, 0.6) is 0 Å². The van der Waals surface area contributed by atoms with Gasteiger partial charge in [-0.2, -0.15) is 4.31 Å². The van der Waals surface area contributed by atoms with Crippen molar-refractivity contribution < 1.29 is 12.8 Å². The van der Waals surface area contributed by atoms with E-state index in [-0.39, 0.29) is 4.90 Å². The Labute approximate surface area is 123 Å². The Kier molecular flexibility index (Phi) is 6.42. The normalized spacial score (nSPS) is 12.1. The molecule has 0 atom stereocenters. The van der Waals surface area contributed by atoms with Crippen molar-refractivity contribution in [2.75, 3.05) is 18.4 Å². The molecular formula is C13H19BrFNO2S. The zero-order valence-corrected chi connectivity index (χ0v) is 13.6. The van der Waals surface area contributed by atoms with Crippen LogP contribution in [0.1, 0.15) is 25.3 Å². The maximum Gasteiger partial charge on any atom is 0.243 e. The molecule has 0 N–H and O–H groups in total. The van der Waals surface area contributed by atoms with E-state index in [1.807, 2.05) is 6.92 Å². The van der Waals surface area contributed by atoms with Crippen molar-refractivity contribution in [2.24, 2.45) is 0 Å². The Morgan fingerprint density at radius 3 is 2.53 bits per heavy atom. The second-order valence-electron chi connectivity index (χ2n) is 4.36. The standard InChI is InChI=1S/C13H19BrFNO2S/c1-3-4-8-16(9-7-14)19(17,18)13-6-5-12(15)10-11(13)2/h5-6,10H,3-4,7-9H2,1-2H3. The first-order chi connectivity index (χ1) is 8.93. The van der Waals surface area contributed by atoms with E-state index in [0.29, 0.717) is 24.0 Å². The van der Waals surface area contributed by atoms with Crippen LogP contribution in [-0.2, 0) is 10.0 Å². The molecule has 19 heavy (non-hydrogen) atoms. The molecule has 6 heteroatoms. The number of aryl methyl sites for hydroxylation is 1. The monoisotopic (exact) mass is 351 g/mol. The third-order valence-electron chi connectivity index (χ3n) is 2.85. The fourth-order valence-electron chi connectivity index (χ4n) is 1.82. The van der Waals surface area contributed by atoms with Crippen LogP contribution in [0.25, 0.3) is 0 Å². The zero-order valence-electron chi connectivity index (χ0n) is 11.2. The second-order valence-corrected chi connectivity index (χ2v) is 7.06. The topological polar surface area (TPSA) is 37.4 Å². The van der Waals surface area contributed by atoms with E-state index >= 15 is 0 Å². The van der Waals surface area contributed by atoms with E-state index in [1.54, 1.807) is 6.92 Å². The molecule has 0 saturated heterocycles. The molecule has 0 aromatic heterocycles. The van der Waals surface area contributed by atoms with Gasteiger partial charge in [0.15, 0.2) is 0 Å². The molecule has 0 aliphatic carbocycles.